The van der Waals surface area contributed by atoms with Gasteiger partial charge in [0.2, 0.25) is 0 Å². The van der Waals surface area contributed by atoms with Gasteiger partial charge in [-0.15, -0.1) is 21.5 Å². The first-order chi connectivity index (χ1) is 12.2. The maximum absolute atomic E-state index is 4.50. The molecule has 1 fully saturated rings. The number of aromatic nitrogens is 6. The first-order valence-corrected chi connectivity index (χ1v) is 9.60. The minimum Gasteiger partial charge on any atom is -0.328 e. The third-order valence-electron chi connectivity index (χ3n) is 5.06. The van der Waals surface area contributed by atoms with Crippen LogP contribution >= 0.6 is 11.3 Å². The minimum absolute atomic E-state index is 0.488. The highest BCUT2D eigenvalue weighted by atomic mass is 32.1. The summed E-state index contributed by atoms with van der Waals surface area (Å²) >= 11 is 1.67. The van der Waals surface area contributed by atoms with Crippen LogP contribution in [-0.2, 0) is 20.1 Å². The van der Waals surface area contributed by atoms with E-state index in [0.717, 1.165) is 56.5 Å². The molecule has 0 aliphatic carbocycles. The van der Waals surface area contributed by atoms with Gasteiger partial charge in [-0.1, -0.05) is 0 Å². The predicted octanol–water partition coefficient (Wildman–Crippen LogP) is 2.20. The molecule has 1 saturated heterocycles. The molecule has 4 heterocycles. The fourth-order valence-corrected chi connectivity index (χ4v) is 4.04. The highest BCUT2D eigenvalue weighted by molar-refractivity contribution is 7.07. The quantitative estimate of drug-likeness (QED) is 0.700. The lowest BCUT2D eigenvalue weighted by Gasteiger charge is -2.30. The molecule has 0 aromatic carbocycles. The Hall–Kier alpha value is -2.06. The van der Waals surface area contributed by atoms with Crippen LogP contribution in [0.25, 0.3) is 0 Å². The summed E-state index contributed by atoms with van der Waals surface area (Å²) in [5.41, 5.74) is 3.09. The summed E-state index contributed by atoms with van der Waals surface area (Å²) in [6.07, 6.45) is 6.06. The van der Waals surface area contributed by atoms with E-state index in [0.29, 0.717) is 5.92 Å². The lowest BCUT2D eigenvalue weighted by Crippen LogP contribution is -2.33. The molecule has 0 unspecified atom stereocenters. The Morgan fingerprint density at radius 3 is 2.68 bits per heavy atom. The SMILES string of the molecule is Cc1nccn1Cc1nnc(C2CCN(Cc3cscn3)CC2)n1C. The molecule has 1 aliphatic heterocycles. The minimum atomic E-state index is 0.488. The Balaban J connectivity index is 1.39. The summed E-state index contributed by atoms with van der Waals surface area (Å²) in [4.78, 5) is 11.1. The first-order valence-electron chi connectivity index (χ1n) is 8.66. The molecule has 3 aromatic heterocycles. The molecule has 1 aliphatic rings. The maximum atomic E-state index is 4.50. The largest absolute Gasteiger partial charge is 0.328 e. The van der Waals surface area contributed by atoms with Crippen molar-refractivity contribution in [1.29, 1.82) is 0 Å². The summed E-state index contributed by atoms with van der Waals surface area (Å²) in [5, 5.41) is 11.1. The van der Waals surface area contributed by atoms with Gasteiger partial charge in [-0.2, -0.15) is 0 Å². The monoisotopic (exact) mass is 357 g/mol. The standard InChI is InChI=1S/C17H23N7S/c1-13-18-5-8-24(13)10-16-20-21-17(22(16)2)14-3-6-23(7-4-14)9-15-11-25-12-19-15/h5,8,11-12,14H,3-4,6-7,9-10H2,1-2H3. The van der Waals surface area contributed by atoms with E-state index < -0.39 is 0 Å². The second kappa shape index (κ2) is 7.05. The Kier molecular flexibility index (Phi) is 4.63. The molecule has 0 radical (unpaired) electrons. The Morgan fingerprint density at radius 2 is 2.00 bits per heavy atom. The van der Waals surface area contributed by atoms with Crippen LogP contribution in [0.3, 0.4) is 0 Å². The van der Waals surface area contributed by atoms with E-state index in [9.17, 15) is 0 Å². The van der Waals surface area contributed by atoms with Crippen molar-refractivity contribution in [1.82, 2.24) is 34.2 Å². The van der Waals surface area contributed by atoms with Crippen LogP contribution in [0, 0.1) is 6.92 Å². The predicted molar refractivity (Wildman–Crippen MR) is 96.4 cm³/mol. The van der Waals surface area contributed by atoms with Crippen molar-refractivity contribution in [2.75, 3.05) is 13.1 Å². The van der Waals surface area contributed by atoms with Crippen LogP contribution in [0.4, 0.5) is 0 Å². The number of imidazole rings is 1. The summed E-state index contributed by atoms with van der Waals surface area (Å²) in [6, 6.07) is 0. The van der Waals surface area contributed by atoms with E-state index in [2.05, 4.69) is 46.6 Å². The number of thiazole rings is 1. The summed E-state index contributed by atoms with van der Waals surface area (Å²) in [6.45, 7) is 5.86. The van der Waals surface area contributed by atoms with Gasteiger partial charge in [0, 0.05) is 37.3 Å². The lowest BCUT2D eigenvalue weighted by atomic mass is 9.96. The molecule has 0 amide bonds. The zero-order valence-corrected chi connectivity index (χ0v) is 15.5. The lowest BCUT2D eigenvalue weighted by molar-refractivity contribution is 0.198. The Morgan fingerprint density at radius 1 is 1.16 bits per heavy atom. The van der Waals surface area contributed by atoms with E-state index in [-0.39, 0.29) is 0 Å². The van der Waals surface area contributed by atoms with Crippen molar-refractivity contribution in [2.45, 2.75) is 38.8 Å². The first kappa shape index (κ1) is 16.4. The van der Waals surface area contributed by atoms with E-state index in [4.69, 9.17) is 0 Å². The number of hydrogen-bond donors (Lipinski definition) is 0. The van der Waals surface area contributed by atoms with Crippen molar-refractivity contribution in [2.24, 2.45) is 7.05 Å². The van der Waals surface area contributed by atoms with E-state index >= 15 is 0 Å². The average Bonchev–Trinajstić information content (AvgIpc) is 3.34. The highest BCUT2D eigenvalue weighted by Gasteiger charge is 2.25. The van der Waals surface area contributed by atoms with Crippen molar-refractivity contribution in [3.8, 4) is 0 Å². The second-order valence-corrected chi connectivity index (χ2v) is 7.38. The number of nitrogens with zero attached hydrogens (tertiary/aromatic N) is 7. The van der Waals surface area contributed by atoms with Crippen LogP contribution in [0.1, 0.15) is 41.9 Å². The molecular formula is C17H23N7S. The van der Waals surface area contributed by atoms with Crippen molar-refractivity contribution >= 4 is 11.3 Å². The zero-order chi connectivity index (χ0) is 17.2. The van der Waals surface area contributed by atoms with Gasteiger partial charge in [0.1, 0.15) is 11.6 Å². The van der Waals surface area contributed by atoms with Gasteiger partial charge in [-0.05, 0) is 32.9 Å². The summed E-state index contributed by atoms with van der Waals surface area (Å²) < 4.78 is 4.27. The van der Waals surface area contributed by atoms with Gasteiger partial charge in [-0.25, -0.2) is 9.97 Å². The van der Waals surface area contributed by atoms with E-state index in [1.165, 1.54) is 5.69 Å². The second-order valence-electron chi connectivity index (χ2n) is 6.67. The van der Waals surface area contributed by atoms with Crippen LogP contribution in [-0.4, -0.2) is 47.3 Å². The summed E-state index contributed by atoms with van der Waals surface area (Å²) in [7, 11) is 2.08. The molecule has 4 rings (SSSR count). The van der Waals surface area contributed by atoms with Crippen molar-refractivity contribution in [3.63, 3.8) is 0 Å². The normalized spacial score (nSPS) is 16.6. The molecule has 0 N–H and O–H groups in total. The molecule has 0 atom stereocenters. The molecule has 25 heavy (non-hydrogen) atoms. The average molecular weight is 357 g/mol. The molecule has 0 bridgehead atoms. The summed E-state index contributed by atoms with van der Waals surface area (Å²) in [5.74, 6) is 3.59. The number of hydrogen-bond acceptors (Lipinski definition) is 6. The number of rotatable bonds is 5. The third-order valence-corrected chi connectivity index (χ3v) is 5.69. The van der Waals surface area contributed by atoms with Gasteiger partial charge >= 0.3 is 0 Å². The number of aryl methyl sites for hydroxylation is 1. The fourth-order valence-electron chi connectivity index (χ4n) is 3.49. The molecule has 8 heteroatoms. The van der Waals surface area contributed by atoms with Crippen LogP contribution in [0.5, 0.6) is 0 Å². The van der Waals surface area contributed by atoms with Gasteiger partial charge in [-0.3, -0.25) is 4.90 Å². The van der Waals surface area contributed by atoms with Gasteiger partial charge in [0.05, 0.1) is 17.7 Å². The molecule has 3 aromatic rings. The molecule has 7 nitrogen and oxygen atoms in total. The van der Waals surface area contributed by atoms with Gasteiger partial charge in [0.15, 0.2) is 5.82 Å². The van der Waals surface area contributed by atoms with Crippen LogP contribution in [0.2, 0.25) is 0 Å². The molecule has 0 saturated carbocycles. The number of piperidine rings is 1. The van der Waals surface area contributed by atoms with Gasteiger partial charge in [0.25, 0.3) is 0 Å². The van der Waals surface area contributed by atoms with E-state index in [1.54, 1.807) is 11.3 Å². The molecule has 132 valence electrons. The molecular weight excluding hydrogens is 334 g/mol. The molecule has 0 spiro atoms. The third kappa shape index (κ3) is 3.50. The Bertz CT molecular complexity index is 812. The zero-order valence-electron chi connectivity index (χ0n) is 14.7. The highest BCUT2D eigenvalue weighted by Crippen LogP contribution is 2.27. The fraction of sp³-hybridized carbons (Fsp3) is 0.529. The number of likely N-dealkylation sites (tertiary alicyclic amines) is 1. The van der Waals surface area contributed by atoms with Crippen molar-refractivity contribution in [3.05, 3.63) is 46.5 Å². The smallest absolute Gasteiger partial charge is 0.152 e. The maximum Gasteiger partial charge on any atom is 0.152 e. The topological polar surface area (TPSA) is 64.7 Å². The Labute approximate surface area is 151 Å². The van der Waals surface area contributed by atoms with E-state index in [1.807, 2.05) is 24.8 Å². The van der Waals surface area contributed by atoms with Crippen molar-refractivity contribution < 1.29 is 0 Å². The van der Waals surface area contributed by atoms with Gasteiger partial charge < -0.3 is 9.13 Å². The van der Waals surface area contributed by atoms with Crippen LogP contribution in [0.15, 0.2) is 23.3 Å². The van der Waals surface area contributed by atoms with Crippen LogP contribution < -0.4 is 0 Å².